The summed E-state index contributed by atoms with van der Waals surface area (Å²) in [6.45, 7) is 2.81. The third kappa shape index (κ3) is 1.38. The monoisotopic (exact) mass is 59.0 g/mol. The zero-order chi connectivity index (χ0) is 3.41. The summed E-state index contributed by atoms with van der Waals surface area (Å²) in [5.41, 5.74) is 0. The van der Waals surface area contributed by atoms with Gasteiger partial charge >= 0.3 is 0 Å². The molecule has 0 radical (unpaired) electrons. The molecule has 0 aromatic rings. The van der Waals surface area contributed by atoms with Crippen LogP contribution < -0.4 is 0 Å². The molecule has 2 heteroatoms. The van der Waals surface area contributed by atoms with E-state index in [9.17, 15) is 4.48 Å². The largest absolute Gasteiger partial charge is 0.0660 e. The van der Waals surface area contributed by atoms with Crippen molar-refractivity contribution in [3.63, 3.8) is 0 Å². The highest BCUT2D eigenvalue weighted by Gasteiger charge is 1.27. The Morgan fingerprint density at radius 3 is 2.25 bits per heavy atom. The van der Waals surface area contributed by atoms with Gasteiger partial charge in [0.15, 0.2) is 0 Å². The van der Waals surface area contributed by atoms with Gasteiger partial charge in [-0.2, -0.15) is 0 Å². The maximum Gasteiger partial charge on any atom is 0.0135 e. The van der Waals surface area contributed by atoms with Crippen molar-refractivity contribution in [2.45, 2.75) is 0 Å². The first-order valence-electron chi connectivity index (χ1n) is 0.746. The number of nitrogens with zero attached hydrogens (tertiary/aromatic N) is 1. The van der Waals surface area contributed by atoms with Crippen LogP contribution in [0, 0.1) is 0 Å². The number of hydrogen-bond donors (Lipinski definition) is 0. The number of halogens is 1. The summed E-state index contributed by atoms with van der Waals surface area (Å²) in [5, 5.41) is 1.88. The molecule has 0 aromatic carbocycles. The van der Waals surface area contributed by atoms with Crippen LogP contribution in [0.15, 0.2) is 11.8 Å². The molecule has 0 spiro atoms. The molecule has 0 N–H and O–H groups in total. The zero-order valence-corrected chi connectivity index (χ0v) is 2.03. The quantitative estimate of drug-likeness (QED) is 0.365. The van der Waals surface area contributed by atoms with Crippen molar-refractivity contribution in [1.82, 2.24) is 0 Å². The minimum Gasteiger partial charge on any atom is -0.0660 e. The molecule has 0 aromatic heterocycles. The predicted molar refractivity (Wildman–Crippen MR) is 14.2 cm³/mol. The number of hydrogen-bond acceptors (Lipinski definition) is 1. The molecule has 0 rings (SSSR count). The lowest BCUT2D eigenvalue weighted by Crippen LogP contribution is -1.24. The Labute approximate surface area is 23.4 Å². The lowest BCUT2D eigenvalue weighted by molar-refractivity contribution is 0.543. The van der Waals surface area contributed by atoms with Crippen LogP contribution in [0.5, 0.6) is 0 Å². The van der Waals surface area contributed by atoms with Gasteiger partial charge in [-0.25, -0.2) is 0 Å². The summed E-state index contributed by atoms with van der Waals surface area (Å²) < 4.78 is 10.2. The van der Waals surface area contributed by atoms with Crippen LogP contribution in [-0.2, 0) is 0 Å². The van der Waals surface area contributed by atoms with Crippen LogP contribution in [0.2, 0.25) is 0 Å². The molecule has 0 aliphatic heterocycles. The van der Waals surface area contributed by atoms with Gasteiger partial charge in [0.25, 0.3) is 0 Å². The van der Waals surface area contributed by atoms with Crippen molar-refractivity contribution < 1.29 is 4.48 Å². The highest BCUT2D eigenvalue weighted by atomic mass is 19.2. The second kappa shape index (κ2) is 2.38. The molecule has 4 heavy (non-hydrogen) atoms. The Morgan fingerprint density at radius 2 is 2.25 bits per heavy atom. The standard InChI is InChI=1S/C2H2FN/c1-2-4-3/h1H2. The molecular weight excluding hydrogens is 57.0 g/mol. The summed E-state index contributed by atoms with van der Waals surface area (Å²) in [7, 11) is 0. The Hall–Kier alpha value is -0.620. The van der Waals surface area contributed by atoms with Crippen molar-refractivity contribution in [3.8, 4) is 0 Å². The van der Waals surface area contributed by atoms with Gasteiger partial charge in [-0.05, 0) is 11.8 Å². The summed E-state index contributed by atoms with van der Waals surface area (Å²) >= 11 is 0. The van der Waals surface area contributed by atoms with E-state index < -0.39 is 0 Å². The first-order valence-corrected chi connectivity index (χ1v) is 0.746. The molecule has 0 aliphatic carbocycles. The molecule has 0 unspecified atom stereocenters. The van der Waals surface area contributed by atoms with E-state index in [1.807, 2.05) is 5.21 Å². The third-order valence-corrected chi connectivity index (χ3v) is 0.0598. The van der Waals surface area contributed by atoms with E-state index in [2.05, 4.69) is 6.58 Å². The van der Waals surface area contributed by atoms with Gasteiger partial charge in [-0.1, -0.05) is 4.48 Å². The molecule has 22 valence electrons. The highest BCUT2D eigenvalue weighted by Crippen LogP contribution is 1.49. The van der Waals surface area contributed by atoms with E-state index in [4.69, 9.17) is 0 Å². The maximum absolute atomic E-state index is 10.2. The zero-order valence-electron chi connectivity index (χ0n) is 2.03. The maximum atomic E-state index is 10.2. The summed E-state index contributed by atoms with van der Waals surface area (Å²) in [5.74, 6) is 1.64. The lowest BCUT2D eigenvalue weighted by Gasteiger charge is -1.34. The van der Waals surface area contributed by atoms with Crippen molar-refractivity contribution in [2.75, 3.05) is 0 Å². The van der Waals surface area contributed by atoms with Crippen LogP contribution in [0.3, 0.4) is 0 Å². The fraction of sp³-hybridized carbons (Fsp3) is 0. The molecule has 0 atom stereocenters. The smallest absolute Gasteiger partial charge is 0.0135 e. The lowest BCUT2D eigenvalue weighted by atomic mass is 11.2. The van der Waals surface area contributed by atoms with Crippen molar-refractivity contribution in [1.29, 1.82) is 0 Å². The molecule has 0 saturated carbocycles. The average molecular weight is 59.0 g/mol. The Morgan fingerprint density at radius 1 is 2.00 bits per heavy atom. The molecule has 0 amide bonds. The minimum atomic E-state index is 1.64. The van der Waals surface area contributed by atoms with Crippen LogP contribution in [0.25, 0.3) is 0 Å². The molecular formula is C2H2FN. The predicted octanol–water partition coefficient (Wildman–Crippen LogP) is 0.727. The van der Waals surface area contributed by atoms with E-state index in [1.54, 1.807) is 5.87 Å². The first kappa shape index (κ1) is 3.38. The summed E-state index contributed by atoms with van der Waals surface area (Å²) in [6, 6.07) is 0. The van der Waals surface area contributed by atoms with E-state index in [-0.39, 0.29) is 0 Å². The van der Waals surface area contributed by atoms with Crippen LogP contribution in [-0.4, -0.2) is 5.87 Å². The van der Waals surface area contributed by atoms with Crippen molar-refractivity contribution in [2.24, 2.45) is 5.21 Å². The molecule has 0 aliphatic rings. The van der Waals surface area contributed by atoms with Crippen LogP contribution in [0.4, 0.5) is 4.48 Å². The normalized spacial score (nSPS) is 4.25. The molecule has 0 bridgehead atoms. The van der Waals surface area contributed by atoms with Crippen LogP contribution in [0.1, 0.15) is 0 Å². The van der Waals surface area contributed by atoms with Crippen molar-refractivity contribution >= 4 is 5.87 Å². The Balaban J connectivity index is 3.11. The summed E-state index contributed by atoms with van der Waals surface area (Å²) in [6.07, 6.45) is 0. The number of rotatable bonds is 0. The van der Waals surface area contributed by atoms with E-state index in [0.29, 0.717) is 0 Å². The Kier molecular flexibility index (Phi) is 2.01. The van der Waals surface area contributed by atoms with Crippen molar-refractivity contribution in [3.05, 3.63) is 6.58 Å². The molecule has 0 saturated heterocycles. The van der Waals surface area contributed by atoms with Gasteiger partial charge in [-0.15, -0.1) is 0 Å². The summed E-state index contributed by atoms with van der Waals surface area (Å²) in [4.78, 5) is 0. The minimum absolute atomic E-state index is 1.64. The van der Waals surface area contributed by atoms with Gasteiger partial charge in [0.05, 0.1) is 0 Å². The average Bonchev–Trinajstić information content (AvgIpc) is 1.37. The molecule has 1 nitrogen and oxygen atoms in total. The second-order valence-electron chi connectivity index (χ2n) is 0.243. The SMILES string of the molecule is C=C=NF. The van der Waals surface area contributed by atoms with Gasteiger partial charge in [0, 0.05) is 5.87 Å². The third-order valence-electron chi connectivity index (χ3n) is 0.0598. The fourth-order valence-electron chi connectivity index (χ4n) is 0. The van der Waals surface area contributed by atoms with Gasteiger partial charge < -0.3 is 0 Å². The van der Waals surface area contributed by atoms with Gasteiger partial charge in [0.1, 0.15) is 0 Å². The van der Waals surface area contributed by atoms with E-state index in [1.165, 1.54) is 0 Å². The van der Waals surface area contributed by atoms with E-state index >= 15 is 0 Å². The first-order chi connectivity index (χ1) is 1.91. The fourth-order valence-corrected chi connectivity index (χ4v) is 0. The van der Waals surface area contributed by atoms with Gasteiger partial charge in [-0.3, -0.25) is 0 Å². The Bertz CT molecular complexity index is 44.0. The molecule has 0 fully saturated rings. The van der Waals surface area contributed by atoms with Crippen LogP contribution >= 0.6 is 0 Å². The topological polar surface area (TPSA) is 12.4 Å². The van der Waals surface area contributed by atoms with Gasteiger partial charge in [0.2, 0.25) is 0 Å². The second-order valence-corrected chi connectivity index (χ2v) is 0.243. The molecule has 0 heterocycles. The van der Waals surface area contributed by atoms with E-state index in [0.717, 1.165) is 0 Å². The highest BCUT2D eigenvalue weighted by molar-refractivity contribution is 5.45.